The van der Waals surface area contributed by atoms with Gasteiger partial charge in [0.05, 0.1) is 5.39 Å². The zero-order chi connectivity index (χ0) is 16.4. The van der Waals surface area contributed by atoms with Gasteiger partial charge >= 0.3 is 0 Å². The fourth-order valence-corrected chi connectivity index (χ4v) is 2.77. The standard InChI is InChI=1S/C16H18N6O2/c1-10-19-14-11(4-2-7-17-14)15(20-10)18-8-6-13-21-16(24-22-13)12-5-3-9-23-12/h2,4,7,12H,3,5-6,8-9H2,1H3,(H,17,18,19,20)/t12-/m0/s1. The lowest BCUT2D eigenvalue weighted by Crippen LogP contribution is -2.09. The number of fused-ring (bicyclic) bond motifs is 1. The summed E-state index contributed by atoms with van der Waals surface area (Å²) in [5, 5.41) is 8.23. The topological polar surface area (TPSA) is 98.9 Å². The van der Waals surface area contributed by atoms with Crippen LogP contribution >= 0.6 is 0 Å². The highest BCUT2D eigenvalue weighted by Crippen LogP contribution is 2.27. The minimum Gasteiger partial charge on any atom is -0.369 e. The van der Waals surface area contributed by atoms with Crippen LogP contribution in [0.15, 0.2) is 22.9 Å². The summed E-state index contributed by atoms with van der Waals surface area (Å²) in [5.41, 5.74) is 0.688. The van der Waals surface area contributed by atoms with Crippen molar-refractivity contribution in [1.29, 1.82) is 0 Å². The van der Waals surface area contributed by atoms with Gasteiger partial charge in [-0.15, -0.1) is 0 Å². The molecule has 0 aromatic carbocycles. The molecule has 1 fully saturated rings. The predicted octanol–water partition coefficient (Wildman–Crippen LogP) is 2.22. The second-order valence-electron chi connectivity index (χ2n) is 5.72. The Labute approximate surface area is 138 Å². The van der Waals surface area contributed by atoms with Crippen molar-refractivity contribution in [2.45, 2.75) is 32.3 Å². The average molecular weight is 326 g/mol. The van der Waals surface area contributed by atoms with Gasteiger partial charge in [-0.2, -0.15) is 4.98 Å². The summed E-state index contributed by atoms with van der Waals surface area (Å²) >= 11 is 0. The summed E-state index contributed by atoms with van der Waals surface area (Å²) < 4.78 is 10.8. The third-order valence-electron chi connectivity index (χ3n) is 3.91. The molecule has 0 spiro atoms. The summed E-state index contributed by atoms with van der Waals surface area (Å²) in [7, 11) is 0. The lowest BCUT2D eigenvalue weighted by atomic mass is 10.2. The van der Waals surface area contributed by atoms with Crippen LogP contribution in [0.4, 0.5) is 5.82 Å². The van der Waals surface area contributed by atoms with Crippen LogP contribution in [-0.2, 0) is 11.2 Å². The molecule has 124 valence electrons. The van der Waals surface area contributed by atoms with Crippen LogP contribution in [0.2, 0.25) is 0 Å². The van der Waals surface area contributed by atoms with E-state index in [0.717, 1.165) is 30.7 Å². The van der Waals surface area contributed by atoms with Gasteiger partial charge in [0.1, 0.15) is 17.7 Å². The van der Waals surface area contributed by atoms with Crippen molar-refractivity contribution in [3.05, 3.63) is 35.9 Å². The normalized spacial score (nSPS) is 17.5. The monoisotopic (exact) mass is 326 g/mol. The van der Waals surface area contributed by atoms with E-state index >= 15 is 0 Å². The Morgan fingerprint density at radius 1 is 1.29 bits per heavy atom. The zero-order valence-corrected chi connectivity index (χ0v) is 13.4. The first-order valence-electron chi connectivity index (χ1n) is 8.07. The van der Waals surface area contributed by atoms with Crippen LogP contribution in [0.1, 0.15) is 36.5 Å². The zero-order valence-electron chi connectivity index (χ0n) is 13.4. The molecule has 0 aliphatic carbocycles. The number of ether oxygens (including phenoxy) is 1. The first-order valence-corrected chi connectivity index (χ1v) is 8.07. The quantitative estimate of drug-likeness (QED) is 0.762. The Hall–Kier alpha value is -2.61. The molecule has 3 aromatic heterocycles. The molecule has 4 rings (SSSR count). The molecule has 1 saturated heterocycles. The Balaban J connectivity index is 1.42. The van der Waals surface area contributed by atoms with E-state index in [1.165, 1.54) is 0 Å². The molecule has 1 aliphatic heterocycles. The van der Waals surface area contributed by atoms with Gasteiger partial charge in [0.15, 0.2) is 11.5 Å². The smallest absolute Gasteiger partial charge is 0.255 e. The molecule has 0 radical (unpaired) electrons. The number of anilines is 1. The van der Waals surface area contributed by atoms with Gasteiger partial charge in [-0.25, -0.2) is 15.0 Å². The Bertz CT molecular complexity index is 843. The maximum atomic E-state index is 5.55. The number of hydrogen-bond acceptors (Lipinski definition) is 8. The highest BCUT2D eigenvalue weighted by Gasteiger charge is 2.23. The Morgan fingerprint density at radius 2 is 2.25 bits per heavy atom. The van der Waals surface area contributed by atoms with Crippen molar-refractivity contribution in [3.63, 3.8) is 0 Å². The first kappa shape index (κ1) is 14.9. The summed E-state index contributed by atoms with van der Waals surface area (Å²) in [6, 6.07) is 3.83. The molecule has 8 nitrogen and oxygen atoms in total. The molecule has 8 heteroatoms. The van der Waals surface area contributed by atoms with Gasteiger partial charge in [0.25, 0.3) is 5.89 Å². The Kier molecular flexibility index (Phi) is 4.04. The molecule has 0 bridgehead atoms. The average Bonchev–Trinajstić information content (AvgIpc) is 3.26. The minimum absolute atomic E-state index is 0.0428. The summed E-state index contributed by atoms with van der Waals surface area (Å²) in [6.45, 7) is 3.26. The first-order chi connectivity index (χ1) is 11.8. The van der Waals surface area contributed by atoms with Crippen molar-refractivity contribution in [3.8, 4) is 0 Å². The predicted molar refractivity (Wildman–Crippen MR) is 86.5 cm³/mol. The van der Waals surface area contributed by atoms with E-state index < -0.39 is 0 Å². The largest absolute Gasteiger partial charge is 0.369 e. The highest BCUT2D eigenvalue weighted by atomic mass is 16.5. The molecule has 4 heterocycles. The maximum Gasteiger partial charge on any atom is 0.255 e. The summed E-state index contributed by atoms with van der Waals surface area (Å²) in [4.78, 5) is 17.5. The second-order valence-corrected chi connectivity index (χ2v) is 5.72. The fourth-order valence-electron chi connectivity index (χ4n) is 2.77. The molecule has 1 aliphatic rings. The molecule has 24 heavy (non-hydrogen) atoms. The third kappa shape index (κ3) is 3.05. The van der Waals surface area contributed by atoms with Crippen LogP contribution < -0.4 is 5.32 Å². The molecule has 1 atom stereocenters. The van der Waals surface area contributed by atoms with E-state index in [2.05, 4.69) is 30.4 Å². The number of aryl methyl sites for hydroxylation is 1. The molecule has 1 N–H and O–H groups in total. The molecule has 0 saturated carbocycles. The van der Waals surface area contributed by atoms with Crippen LogP contribution in [0.25, 0.3) is 11.0 Å². The molecule has 3 aromatic rings. The molecule has 0 amide bonds. The molecule has 0 unspecified atom stereocenters. The van der Waals surface area contributed by atoms with E-state index in [9.17, 15) is 0 Å². The second kappa shape index (κ2) is 6.48. The molecular weight excluding hydrogens is 308 g/mol. The number of rotatable bonds is 5. The van der Waals surface area contributed by atoms with Crippen molar-refractivity contribution < 1.29 is 9.26 Å². The van der Waals surface area contributed by atoms with E-state index in [4.69, 9.17) is 9.26 Å². The van der Waals surface area contributed by atoms with Crippen molar-refractivity contribution in [1.82, 2.24) is 25.1 Å². The van der Waals surface area contributed by atoms with Gasteiger partial charge in [-0.1, -0.05) is 5.16 Å². The number of aromatic nitrogens is 5. The highest BCUT2D eigenvalue weighted by molar-refractivity contribution is 5.86. The number of nitrogens with one attached hydrogen (secondary N) is 1. The van der Waals surface area contributed by atoms with Crippen LogP contribution in [0, 0.1) is 6.92 Å². The van der Waals surface area contributed by atoms with Crippen molar-refractivity contribution >= 4 is 16.9 Å². The van der Waals surface area contributed by atoms with Gasteiger partial charge in [-0.3, -0.25) is 0 Å². The van der Waals surface area contributed by atoms with Gasteiger partial charge < -0.3 is 14.6 Å². The van der Waals surface area contributed by atoms with Gasteiger partial charge in [-0.05, 0) is 31.9 Å². The summed E-state index contributed by atoms with van der Waals surface area (Å²) in [5.74, 6) is 2.70. The van der Waals surface area contributed by atoms with E-state index in [1.807, 2.05) is 19.1 Å². The minimum atomic E-state index is -0.0428. The van der Waals surface area contributed by atoms with Crippen molar-refractivity contribution in [2.75, 3.05) is 18.5 Å². The van der Waals surface area contributed by atoms with E-state index in [0.29, 0.717) is 36.2 Å². The van der Waals surface area contributed by atoms with Gasteiger partial charge in [0.2, 0.25) is 0 Å². The number of nitrogens with zero attached hydrogens (tertiary/aromatic N) is 5. The number of hydrogen-bond donors (Lipinski definition) is 1. The van der Waals surface area contributed by atoms with Crippen LogP contribution in [0.5, 0.6) is 0 Å². The van der Waals surface area contributed by atoms with E-state index in [-0.39, 0.29) is 6.10 Å². The third-order valence-corrected chi connectivity index (χ3v) is 3.91. The number of pyridine rings is 1. The van der Waals surface area contributed by atoms with Crippen LogP contribution in [-0.4, -0.2) is 38.2 Å². The fraction of sp³-hybridized carbons (Fsp3) is 0.438. The van der Waals surface area contributed by atoms with Gasteiger partial charge in [0, 0.05) is 25.8 Å². The Morgan fingerprint density at radius 3 is 3.12 bits per heavy atom. The lowest BCUT2D eigenvalue weighted by Gasteiger charge is -2.07. The van der Waals surface area contributed by atoms with Crippen LogP contribution in [0.3, 0.4) is 0 Å². The van der Waals surface area contributed by atoms with E-state index in [1.54, 1.807) is 6.20 Å². The molecular formula is C16H18N6O2. The van der Waals surface area contributed by atoms with Crippen molar-refractivity contribution in [2.24, 2.45) is 0 Å². The lowest BCUT2D eigenvalue weighted by molar-refractivity contribution is 0.0835. The SMILES string of the molecule is Cc1nc(NCCc2noc([C@@H]3CCCO3)n2)c2cccnc2n1. The summed E-state index contributed by atoms with van der Waals surface area (Å²) in [6.07, 6.45) is 4.31. The maximum absolute atomic E-state index is 5.55.